The smallest absolute Gasteiger partial charge is 0.327 e. The first-order valence-electron chi connectivity index (χ1n) is 5.59. The molecule has 2 amide bonds. The Balaban J connectivity index is 1.93. The number of carboxylic acids is 1. The summed E-state index contributed by atoms with van der Waals surface area (Å²) in [5, 5.41) is 11.8. The molecule has 2 fully saturated rings. The van der Waals surface area contributed by atoms with Gasteiger partial charge in [-0.1, -0.05) is 0 Å². The minimum atomic E-state index is -0.944. The average Bonchev–Trinajstić information content (AvgIpc) is 2.87. The van der Waals surface area contributed by atoms with Gasteiger partial charge in [-0.15, -0.1) is 11.8 Å². The number of carbonyl (C=O) groups is 2. The van der Waals surface area contributed by atoms with Crippen molar-refractivity contribution in [3.63, 3.8) is 0 Å². The van der Waals surface area contributed by atoms with Crippen molar-refractivity contribution in [2.75, 3.05) is 18.2 Å². The predicted octanol–water partition coefficient (Wildman–Crippen LogP) is 0.333. The Labute approximate surface area is 104 Å². The molecule has 7 heteroatoms. The summed E-state index contributed by atoms with van der Waals surface area (Å²) in [5.41, 5.74) is 0. The average molecular weight is 260 g/mol. The van der Waals surface area contributed by atoms with Crippen molar-refractivity contribution in [1.29, 1.82) is 0 Å². The molecular formula is C10H16N2O4S. The third-order valence-corrected chi connectivity index (χ3v) is 4.13. The van der Waals surface area contributed by atoms with Gasteiger partial charge in [0.05, 0.1) is 18.0 Å². The zero-order chi connectivity index (χ0) is 12.4. The van der Waals surface area contributed by atoms with E-state index in [1.54, 1.807) is 0 Å². The molecule has 6 nitrogen and oxygen atoms in total. The maximum Gasteiger partial charge on any atom is 0.327 e. The minimum Gasteiger partial charge on any atom is -0.480 e. The van der Waals surface area contributed by atoms with Crippen LogP contribution in [0.4, 0.5) is 4.79 Å². The summed E-state index contributed by atoms with van der Waals surface area (Å²) in [6.45, 7) is 2.55. The van der Waals surface area contributed by atoms with E-state index in [2.05, 4.69) is 5.32 Å². The minimum absolute atomic E-state index is 0.00233. The first kappa shape index (κ1) is 12.5. The van der Waals surface area contributed by atoms with Crippen LogP contribution in [0, 0.1) is 0 Å². The van der Waals surface area contributed by atoms with Gasteiger partial charge in [0.2, 0.25) is 0 Å². The van der Waals surface area contributed by atoms with Crippen LogP contribution < -0.4 is 5.32 Å². The van der Waals surface area contributed by atoms with Crippen LogP contribution in [0.5, 0.6) is 0 Å². The van der Waals surface area contributed by atoms with Crippen LogP contribution in [0.3, 0.4) is 0 Å². The van der Waals surface area contributed by atoms with Gasteiger partial charge in [0.1, 0.15) is 6.04 Å². The molecule has 0 spiro atoms. The van der Waals surface area contributed by atoms with E-state index < -0.39 is 12.0 Å². The molecule has 0 aromatic heterocycles. The second kappa shape index (κ2) is 5.14. The lowest BCUT2D eigenvalue weighted by Crippen LogP contribution is -2.51. The van der Waals surface area contributed by atoms with Gasteiger partial charge in [-0.05, 0) is 13.3 Å². The van der Waals surface area contributed by atoms with E-state index in [0.29, 0.717) is 18.2 Å². The number of nitrogens with zero attached hydrogens (tertiary/aromatic N) is 1. The largest absolute Gasteiger partial charge is 0.480 e. The lowest BCUT2D eigenvalue weighted by atomic mass is 10.1. The van der Waals surface area contributed by atoms with Gasteiger partial charge >= 0.3 is 12.0 Å². The van der Waals surface area contributed by atoms with E-state index in [1.807, 2.05) is 6.92 Å². The number of rotatable bonds is 2. The standard InChI is InChI=1S/C10H16N2O4S/c1-6-7(2-3-16-6)11-10(15)12-5-17-4-8(12)9(13)14/h6-8H,2-5H2,1H3,(H,11,15)(H,13,14)/t6?,7?,8-/m0/s1. The molecule has 0 aliphatic carbocycles. The van der Waals surface area contributed by atoms with Crippen molar-refractivity contribution >= 4 is 23.8 Å². The Morgan fingerprint density at radius 2 is 2.29 bits per heavy atom. The summed E-state index contributed by atoms with van der Waals surface area (Å²) < 4.78 is 5.35. The highest BCUT2D eigenvalue weighted by Crippen LogP contribution is 2.22. The molecule has 0 saturated carbocycles. The highest BCUT2D eigenvalue weighted by molar-refractivity contribution is 7.99. The number of nitrogens with one attached hydrogen (secondary N) is 1. The molecule has 0 bridgehead atoms. The Kier molecular flexibility index (Phi) is 3.78. The van der Waals surface area contributed by atoms with Crippen molar-refractivity contribution in [3.05, 3.63) is 0 Å². The van der Waals surface area contributed by atoms with Crippen LogP contribution in [-0.2, 0) is 9.53 Å². The number of hydrogen-bond acceptors (Lipinski definition) is 4. The fraction of sp³-hybridized carbons (Fsp3) is 0.800. The molecule has 2 rings (SSSR count). The fourth-order valence-electron chi connectivity index (χ4n) is 2.01. The molecule has 2 heterocycles. The molecule has 2 unspecified atom stereocenters. The molecule has 96 valence electrons. The number of thioether (sulfide) groups is 1. The summed E-state index contributed by atoms with van der Waals surface area (Å²) in [5.74, 6) is -0.0506. The molecule has 2 aliphatic heterocycles. The predicted molar refractivity (Wildman–Crippen MR) is 62.9 cm³/mol. The van der Waals surface area contributed by atoms with Gasteiger partial charge in [-0.3, -0.25) is 0 Å². The summed E-state index contributed by atoms with van der Waals surface area (Å²) in [6, 6.07) is -1.02. The van der Waals surface area contributed by atoms with Crippen LogP contribution >= 0.6 is 11.8 Å². The summed E-state index contributed by atoms with van der Waals surface area (Å²) in [6.07, 6.45) is 0.781. The van der Waals surface area contributed by atoms with Gasteiger partial charge < -0.3 is 20.1 Å². The summed E-state index contributed by atoms with van der Waals surface area (Å²) in [4.78, 5) is 24.3. The Morgan fingerprint density at radius 3 is 2.88 bits per heavy atom. The maximum absolute atomic E-state index is 11.9. The van der Waals surface area contributed by atoms with E-state index in [4.69, 9.17) is 9.84 Å². The molecule has 0 aromatic carbocycles. The third kappa shape index (κ3) is 2.66. The van der Waals surface area contributed by atoms with Gasteiger partial charge in [-0.2, -0.15) is 0 Å². The highest BCUT2D eigenvalue weighted by atomic mass is 32.2. The molecule has 3 atom stereocenters. The molecule has 17 heavy (non-hydrogen) atoms. The maximum atomic E-state index is 11.9. The fourth-order valence-corrected chi connectivity index (χ4v) is 3.16. The second-order valence-corrected chi connectivity index (χ2v) is 5.24. The first-order chi connectivity index (χ1) is 8.09. The molecule has 2 N–H and O–H groups in total. The van der Waals surface area contributed by atoms with Crippen LogP contribution in [0.25, 0.3) is 0 Å². The van der Waals surface area contributed by atoms with Crippen LogP contribution in [0.15, 0.2) is 0 Å². The van der Waals surface area contributed by atoms with Crippen LogP contribution in [0.1, 0.15) is 13.3 Å². The number of carbonyl (C=O) groups excluding carboxylic acids is 1. The van der Waals surface area contributed by atoms with Crippen molar-refractivity contribution < 1.29 is 19.4 Å². The molecule has 0 aromatic rings. The van der Waals surface area contributed by atoms with E-state index in [0.717, 1.165) is 6.42 Å². The first-order valence-corrected chi connectivity index (χ1v) is 6.74. The van der Waals surface area contributed by atoms with E-state index >= 15 is 0 Å². The Hall–Kier alpha value is -0.950. The topological polar surface area (TPSA) is 78.9 Å². The quantitative estimate of drug-likeness (QED) is 0.748. The number of urea groups is 1. The zero-order valence-corrected chi connectivity index (χ0v) is 10.4. The molecule has 0 radical (unpaired) electrons. The van der Waals surface area contributed by atoms with Gasteiger partial charge in [0.25, 0.3) is 0 Å². The van der Waals surface area contributed by atoms with Gasteiger partial charge in [-0.25, -0.2) is 9.59 Å². The van der Waals surface area contributed by atoms with Crippen LogP contribution in [-0.4, -0.2) is 58.4 Å². The van der Waals surface area contributed by atoms with Crippen LogP contribution in [0.2, 0.25) is 0 Å². The lowest BCUT2D eigenvalue weighted by molar-refractivity contribution is -0.140. The normalized spacial score (nSPS) is 32.8. The zero-order valence-electron chi connectivity index (χ0n) is 9.59. The van der Waals surface area contributed by atoms with Crippen molar-refractivity contribution in [1.82, 2.24) is 10.2 Å². The molecular weight excluding hydrogens is 244 g/mol. The lowest BCUT2D eigenvalue weighted by Gasteiger charge is -2.24. The van der Waals surface area contributed by atoms with Gasteiger partial charge in [0.15, 0.2) is 0 Å². The number of aliphatic carboxylic acids is 1. The monoisotopic (exact) mass is 260 g/mol. The number of hydrogen-bond donors (Lipinski definition) is 2. The number of carboxylic acid groups (broad SMARTS) is 1. The Bertz CT molecular complexity index is 325. The number of amides is 2. The van der Waals surface area contributed by atoms with Crippen molar-refractivity contribution in [2.24, 2.45) is 0 Å². The van der Waals surface area contributed by atoms with Crippen molar-refractivity contribution in [2.45, 2.75) is 31.5 Å². The second-order valence-electron chi connectivity index (χ2n) is 4.24. The number of ether oxygens (including phenoxy) is 1. The van der Waals surface area contributed by atoms with E-state index in [9.17, 15) is 9.59 Å². The SMILES string of the molecule is CC1OCCC1NC(=O)N1CSC[C@H]1C(=O)O. The third-order valence-electron chi connectivity index (χ3n) is 3.11. The molecule has 2 saturated heterocycles. The summed E-state index contributed by atoms with van der Waals surface area (Å²) >= 11 is 1.46. The highest BCUT2D eigenvalue weighted by Gasteiger charge is 2.36. The van der Waals surface area contributed by atoms with E-state index in [1.165, 1.54) is 16.7 Å². The van der Waals surface area contributed by atoms with E-state index in [-0.39, 0.29) is 18.2 Å². The van der Waals surface area contributed by atoms with Crippen molar-refractivity contribution in [3.8, 4) is 0 Å². The Morgan fingerprint density at radius 1 is 1.53 bits per heavy atom. The molecule has 2 aliphatic rings. The summed E-state index contributed by atoms with van der Waals surface area (Å²) in [7, 11) is 0. The van der Waals surface area contributed by atoms with Gasteiger partial charge in [0, 0.05) is 12.4 Å².